The van der Waals surface area contributed by atoms with Crippen molar-refractivity contribution in [2.75, 3.05) is 32.7 Å². The Bertz CT molecular complexity index is 490. The van der Waals surface area contributed by atoms with Gasteiger partial charge < -0.3 is 4.90 Å². The third-order valence-corrected chi connectivity index (χ3v) is 3.65. The molecule has 2 rings (SSSR count). The summed E-state index contributed by atoms with van der Waals surface area (Å²) in [7, 11) is 0. The molecule has 1 aromatic carbocycles. The molecule has 0 atom stereocenters. The molecule has 1 amide bonds. The Balaban J connectivity index is 2.08. The van der Waals surface area contributed by atoms with Gasteiger partial charge in [0.15, 0.2) is 0 Å². The van der Waals surface area contributed by atoms with Gasteiger partial charge in [-0.3, -0.25) is 9.69 Å². The van der Waals surface area contributed by atoms with Gasteiger partial charge in [-0.1, -0.05) is 18.2 Å². The van der Waals surface area contributed by atoms with Crippen molar-refractivity contribution in [1.82, 2.24) is 9.80 Å². The van der Waals surface area contributed by atoms with E-state index >= 15 is 0 Å². The van der Waals surface area contributed by atoms with Gasteiger partial charge in [-0.15, -0.1) is 0 Å². The molecule has 0 radical (unpaired) electrons. The second kappa shape index (κ2) is 5.85. The number of amides is 1. The van der Waals surface area contributed by atoms with Crippen LogP contribution in [0, 0.1) is 25.2 Å². The van der Waals surface area contributed by atoms with Gasteiger partial charge in [0.05, 0.1) is 12.6 Å². The van der Waals surface area contributed by atoms with Gasteiger partial charge in [0.2, 0.25) is 0 Å². The zero-order valence-electron chi connectivity index (χ0n) is 11.5. The zero-order valence-corrected chi connectivity index (χ0v) is 11.5. The Hall–Kier alpha value is -1.86. The number of hydrogen-bond acceptors (Lipinski definition) is 3. The van der Waals surface area contributed by atoms with Crippen molar-refractivity contribution in [2.24, 2.45) is 0 Å². The molecule has 0 aromatic heterocycles. The minimum atomic E-state index is 0.118. The van der Waals surface area contributed by atoms with Crippen molar-refractivity contribution in [3.8, 4) is 6.07 Å². The fraction of sp³-hybridized carbons (Fsp3) is 0.467. The fourth-order valence-corrected chi connectivity index (χ4v) is 2.52. The van der Waals surface area contributed by atoms with Gasteiger partial charge in [0, 0.05) is 31.7 Å². The Morgan fingerprint density at radius 3 is 2.32 bits per heavy atom. The molecular formula is C15H19N3O. The average Bonchev–Trinajstić information content (AvgIpc) is 2.39. The lowest BCUT2D eigenvalue weighted by molar-refractivity contribution is 0.0650. The van der Waals surface area contributed by atoms with E-state index in [1.165, 1.54) is 0 Å². The molecule has 19 heavy (non-hydrogen) atoms. The summed E-state index contributed by atoms with van der Waals surface area (Å²) in [4.78, 5) is 16.5. The van der Waals surface area contributed by atoms with Crippen LogP contribution < -0.4 is 0 Å². The smallest absolute Gasteiger partial charge is 0.254 e. The van der Waals surface area contributed by atoms with Gasteiger partial charge in [-0.05, 0) is 25.0 Å². The van der Waals surface area contributed by atoms with Gasteiger partial charge in [-0.2, -0.15) is 5.26 Å². The van der Waals surface area contributed by atoms with Crippen LogP contribution >= 0.6 is 0 Å². The number of nitriles is 1. The molecule has 1 saturated heterocycles. The minimum Gasteiger partial charge on any atom is -0.336 e. The van der Waals surface area contributed by atoms with Gasteiger partial charge in [0.1, 0.15) is 0 Å². The van der Waals surface area contributed by atoms with Gasteiger partial charge in [-0.25, -0.2) is 0 Å². The highest BCUT2D eigenvalue weighted by molar-refractivity contribution is 5.97. The minimum absolute atomic E-state index is 0.118. The maximum Gasteiger partial charge on any atom is 0.254 e. The van der Waals surface area contributed by atoms with Crippen LogP contribution in [0.5, 0.6) is 0 Å². The van der Waals surface area contributed by atoms with Crippen LogP contribution in [0.1, 0.15) is 21.5 Å². The number of rotatable bonds is 2. The van der Waals surface area contributed by atoms with Crippen LogP contribution in [0.3, 0.4) is 0 Å². The van der Waals surface area contributed by atoms with Gasteiger partial charge >= 0.3 is 0 Å². The average molecular weight is 257 g/mol. The Kier molecular flexibility index (Phi) is 4.18. The molecule has 0 spiro atoms. The van der Waals surface area contributed by atoms with Crippen LogP contribution in [-0.2, 0) is 0 Å². The number of carbonyl (C=O) groups is 1. The van der Waals surface area contributed by atoms with Crippen molar-refractivity contribution < 1.29 is 4.79 Å². The van der Waals surface area contributed by atoms with E-state index in [1.54, 1.807) is 0 Å². The molecule has 4 nitrogen and oxygen atoms in total. The van der Waals surface area contributed by atoms with E-state index in [0.29, 0.717) is 19.6 Å². The number of carbonyl (C=O) groups excluding carboxylic acids is 1. The second-order valence-corrected chi connectivity index (χ2v) is 4.99. The Morgan fingerprint density at radius 2 is 1.79 bits per heavy atom. The summed E-state index contributed by atoms with van der Waals surface area (Å²) in [6.45, 7) is 7.38. The topological polar surface area (TPSA) is 47.3 Å². The largest absolute Gasteiger partial charge is 0.336 e. The first kappa shape index (κ1) is 13.6. The van der Waals surface area contributed by atoms with E-state index in [-0.39, 0.29) is 5.91 Å². The highest BCUT2D eigenvalue weighted by Gasteiger charge is 2.23. The number of benzene rings is 1. The normalized spacial score (nSPS) is 16.2. The van der Waals surface area contributed by atoms with Crippen LogP contribution in [0.15, 0.2) is 18.2 Å². The molecule has 0 bridgehead atoms. The molecule has 1 aliphatic heterocycles. The summed E-state index contributed by atoms with van der Waals surface area (Å²) >= 11 is 0. The van der Waals surface area contributed by atoms with Crippen molar-refractivity contribution in [3.63, 3.8) is 0 Å². The molecule has 100 valence electrons. The fourth-order valence-electron chi connectivity index (χ4n) is 2.52. The second-order valence-electron chi connectivity index (χ2n) is 4.99. The molecule has 1 aliphatic rings. The van der Waals surface area contributed by atoms with Crippen LogP contribution in [-0.4, -0.2) is 48.4 Å². The quantitative estimate of drug-likeness (QED) is 0.756. The van der Waals surface area contributed by atoms with Crippen molar-refractivity contribution in [2.45, 2.75) is 13.8 Å². The van der Waals surface area contributed by atoms with Crippen LogP contribution in [0.4, 0.5) is 0 Å². The summed E-state index contributed by atoms with van der Waals surface area (Å²) in [5.41, 5.74) is 2.89. The first-order valence-corrected chi connectivity index (χ1v) is 6.58. The lowest BCUT2D eigenvalue weighted by Crippen LogP contribution is -2.48. The monoisotopic (exact) mass is 257 g/mol. The maximum absolute atomic E-state index is 12.5. The first-order valence-electron chi connectivity index (χ1n) is 6.58. The summed E-state index contributed by atoms with van der Waals surface area (Å²) in [5.74, 6) is 0.118. The maximum atomic E-state index is 12.5. The molecule has 4 heteroatoms. The molecule has 0 unspecified atom stereocenters. The highest BCUT2D eigenvalue weighted by atomic mass is 16.2. The Labute approximate surface area is 114 Å². The van der Waals surface area contributed by atoms with Crippen molar-refractivity contribution in [1.29, 1.82) is 5.26 Å². The standard InChI is InChI=1S/C15H19N3O/c1-12-4-3-5-13(2)14(12)15(19)18-10-8-17(7-6-16)9-11-18/h3-5H,7-11H2,1-2H3. The predicted molar refractivity (Wildman–Crippen MR) is 73.9 cm³/mol. The lowest BCUT2D eigenvalue weighted by Gasteiger charge is -2.34. The van der Waals surface area contributed by atoms with E-state index in [4.69, 9.17) is 5.26 Å². The predicted octanol–water partition coefficient (Wildman–Crippen LogP) is 1.58. The first-order chi connectivity index (χ1) is 9.13. The summed E-state index contributed by atoms with van der Waals surface area (Å²) in [5, 5.41) is 8.67. The third-order valence-electron chi connectivity index (χ3n) is 3.65. The van der Waals surface area contributed by atoms with E-state index in [0.717, 1.165) is 29.8 Å². The molecule has 0 saturated carbocycles. The van der Waals surface area contributed by atoms with Crippen molar-refractivity contribution >= 4 is 5.91 Å². The SMILES string of the molecule is Cc1cccc(C)c1C(=O)N1CCN(CC#N)CC1. The van der Waals surface area contributed by atoms with Crippen LogP contribution in [0.25, 0.3) is 0 Å². The summed E-state index contributed by atoms with van der Waals surface area (Å²) in [6.07, 6.45) is 0. The summed E-state index contributed by atoms with van der Waals surface area (Å²) in [6, 6.07) is 8.09. The van der Waals surface area contributed by atoms with E-state index in [1.807, 2.05) is 36.9 Å². The van der Waals surface area contributed by atoms with Gasteiger partial charge in [0.25, 0.3) is 5.91 Å². The molecule has 1 heterocycles. The third kappa shape index (κ3) is 2.94. The number of aryl methyl sites for hydroxylation is 2. The zero-order chi connectivity index (χ0) is 13.8. The molecule has 0 N–H and O–H groups in total. The number of piperazine rings is 1. The number of hydrogen-bond donors (Lipinski definition) is 0. The van der Waals surface area contributed by atoms with E-state index < -0.39 is 0 Å². The lowest BCUT2D eigenvalue weighted by atomic mass is 10.0. The molecule has 0 aliphatic carbocycles. The van der Waals surface area contributed by atoms with Crippen molar-refractivity contribution in [3.05, 3.63) is 34.9 Å². The highest BCUT2D eigenvalue weighted by Crippen LogP contribution is 2.17. The Morgan fingerprint density at radius 1 is 1.21 bits per heavy atom. The molecule has 1 aromatic rings. The van der Waals surface area contributed by atoms with E-state index in [9.17, 15) is 4.79 Å². The molecule has 1 fully saturated rings. The van der Waals surface area contributed by atoms with E-state index in [2.05, 4.69) is 11.0 Å². The molecular weight excluding hydrogens is 238 g/mol. The summed E-state index contributed by atoms with van der Waals surface area (Å²) < 4.78 is 0. The number of nitrogens with zero attached hydrogens (tertiary/aromatic N) is 3. The van der Waals surface area contributed by atoms with Crippen LogP contribution in [0.2, 0.25) is 0 Å².